The van der Waals surface area contributed by atoms with E-state index in [4.69, 9.17) is 4.74 Å². The zero-order valence-electron chi connectivity index (χ0n) is 18.4. The lowest BCUT2D eigenvalue weighted by Gasteiger charge is -2.29. The van der Waals surface area contributed by atoms with E-state index >= 15 is 0 Å². The number of amides is 1. The summed E-state index contributed by atoms with van der Waals surface area (Å²) >= 11 is 0. The van der Waals surface area contributed by atoms with E-state index < -0.39 is 17.6 Å². The molecule has 0 atom stereocenters. The van der Waals surface area contributed by atoms with Gasteiger partial charge in [-0.05, 0) is 43.2 Å². The zero-order chi connectivity index (χ0) is 23.6. The van der Waals surface area contributed by atoms with Crippen LogP contribution in [0.25, 0.3) is 5.69 Å². The Bertz CT molecular complexity index is 1150. The van der Waals surface area contributed by atoms with Crippen LogP contribution in [-0.2, 0) is 17.5 Å². The highest BCUT2D eigenvalue weighted by Crippen LogP contribution is 2.35. The first-order valence-electron chi connectivity index (χ1n) is 10.7. The van der Waals surface area contributed by atoms with Crippen LogP contribution in [-0.4, -0.2) is 42.0 Å². The first-order chi connectivity index (χ1) is 15.8. The summed E-state index contributed by atoms with van der Waals surface area (Å²) in [5.74, 6) is -0.474. The molecule has 2 aromatic carbocycles. The van der Waals surface area contributed by atoms with E-state index in [0.717, 1.165) is 17.3 Å². The van der Waals surface area contributed by atoms with Crippen LogP contribution in [0.4, 0.5) is 18.9 Å². The molecule has 1 aliphatic heterocycles. The number of ether oxygens (including phenoxy) is 1. The number of para-hydroxylation sites is 1. The van der Waals surface area contributed by atoms with Crippen molar-refractivity contribution in [3.05, 3.63) is 76.6 Å². The Labute approximate surface area is 190 Å². The molecule has 1 N–H and O–H groups in total. The van der Waals surface area contributed by atoms with Gasteiger partial charge in [-0.3, -0.25) is 4.79 Å². The highest BCUT2D eigenvalue weighted by Gasteiger charge is 2.34. The topological polar surface area (TPSA) is 59.4 Å². The quantitative estimate of drug-likeness (QED) is 0.620. The monoisotopic (exact) mass is 458 g/mol. The first kappa shape index (κ1) is 22.8. The van der Waals surface area contributed by atoms with Gasteiger partial charge < -0.3 is 15.0 Å². The second-order valence-corrected chi connectivity index (χ2v) is 7.96. The number of aromatic nitrogens is 2. The minimum absolute atomic E-state index is 0.0109. The lowest BCUT2D eigenvalue weighted by molar-refractivity contribution is -0.138. The van der Waals surface area contributed by atoms with Gasteiger partial charge in [-0.15, -0.1) is 0 Å². The minimum Gasteiger partial charge on any atom is -0.378 e. The Kier molecular flexibility index (Phi) is 6.42. The molecule has 1 aromatic heterocycles. The van der Waals surface area contributed by atoms with E-state index in [1.807, 2.05) is 36.1 Å². The van der Waals surface area contributed by atoms with Crippen molar-refractivity contribution in [1.29, 1.82) is 0 Å². The van der Waals surface area contributed by atoms with E-state index in [-0.39, 0.29) is 12.1 Å². The van der Waals surface area contributed by atoms with Gasteiger partial charge in [0.1, 0.15) is 0 Å². The highest BCUT2D eigenvalue weighted by atomic mass is 19.4. The Morgan fingerprint density at radius 3 is 2.55 bits per heavy atom. The SMILES string of the molecule is Cc1ccccc1-n1ncc(C(=O)NCc2ccc(N3CCOCC3)cc2C(F)(F)F)c1C. The standard InChI is InChI=1S/C24H25F3N4O2/c1-16-5-3-4-6-22(16)31-17(2)20(15-29-31)23(32)28-14-18-7-8-19(13-21(18)24(25,26)27)30-9-11-33-12-10-30/h3-8,13,15H,9-12,14H2,1-2H3,(H,28,32). The van der Waals surface area contributed by atoms with Gasteiger partial charge in [0, 0.05) is 25.3 Å². The summed E-state index contributed by atoms with van der Waals surface area (Å²) in [6.45, 7) is 5.49. The van der Waals surface area contributed by atoms with Gasteiger partial charge in [-0.25, -0.2) is 4.68 Å². The number of nitrogens with zero attached hydrogens (tertiary/aromatic N) is 3. The van der Waals surface area contributed by atoms with Crippen LogP contribution >= 0.6 is 0 Å². The summed E-state index contributed by atoms with van der Waals surface area (Å²) in [6.07, 6.45) is -3.10. The molecule has 2 heterocycles. The molecule has 1 fully saturated rings. The molecule has 0 spiro atoms. The van der Waals surface area contributed by atoms with Crippen molar-refractivity contribution in [2.45, 2.75) is 26.6 Å². The van der Waals surface area contributed by atoms with E-state index in [2.05, 4.69) is 10.4 Å². The lowest BCUT2D eigenvalue weighted by Crippen LogP contribution is -2.36. The zero-order valence-corrected chi connectivity index (χ0v) is 18.4. The van der Waals surface area contributed by atoms with Gasteiger partial charge >= 0.3 is 6.18 Å². The van der Waals surface area contributed by atoms with E-state index in [1.54, 1.807) is 17.7 Å². The summed E-state index contributed by atoms with van der Waals surface area (Å²) < 4.78 is 48.2. The number of hydrogen-bond acceptors (Lipinski definition) is 4. The number of morpholine rings is 1. The predicted molar refractivity (Wildman–Crippen MR) is 119 cm³/mol. The number of nitrogens with one attached hydrogen (secondary N) is 1. The molecular weight excluding hydrogens is 433 g/mol. The molecule has 174 valence electrons. The normalized spacial score (nSPS) is 14.4. The number of carbonyl (C=O) groups is 1. The highest BCUT2D eigenvalue weighted by molar-refractivity contribution is 5.95. The van der Waals surface area contributed by atoms with Crippen molar-refractivity contribution < 1.29 is 22.7 Å². The molecule has 1 amide bonds. The molecule has 1 saturated heterocycles. The Morgan fingerprint density at radius 1 is 1.12 bits per heavy atom. The van der Waals surface area contributed by atoms with E-state index in [1.165, 1.54) is 12.3 Å². The third kappa shape index (κ3) is 4.88. The van der Waals surface area contributed by atoms with Crippen molar-refractivity contribution in [2.75, 3.05) is 31.2 Å². The van der Waals surface area contributed by atoms with Crippen LogP contribution in [0.15, 0.2) is 48.7 Å². The molecule has 1 aliphatic rings. The smallest absolute Gasteiger partial charge is 0.378 e. The second-order valence-electron chi connectivity index (χ2n) is 7.96. The van der Waals surface area contributed by atoms with Crippen molar-refractivity contribution in [3.63, 3.8) is 0 Å². The summed E-state index contributed by atoms with van der Waals surface area (Å²) in [6, 6.07) is 11.9. The van der Waals surface area contributed by atoms with Crippen LogP contribution in [0.5, 0.6) is 0 Å². The third-order valence-corrected chi connectivity index (χ3v) is 5.81. The van der Waals surface area contributed by atoms with Crippen molar-refractivity contribution in [3.8, 4) is 5.69 Å². The molecule has 0 radical (unpaired) electrons. The number of anilines is 1. The fourth-order valence-corrected chi connectivity index (χ4v) is 3.95. The van der Waals surface area contributed by atoms with Gasteiger partial charge in [0.05, 0.1) is 41.9 Å². The molecule has 33 heavy (non-hydrogen) atoms. The number of benzene rings is 2. The average Bonchev–Trinajstić information content (AvgIpc) is 3.19. The van der Waals surface area contributed by atoms with Crippen LogP contribution in [0.1, 0.15) is 32.7 Å². The fraction of sp³-hybridized carbons (Fsp3) is 0.333. The molecule has 6 nitrogen and oxygen atoms in total. The van der Waals surface area contributed by atoms with Gasteiger partial charge in [-0.1, -0.05) is 24.3 Å². The number of halogens is 3. The average molecular weight is 458 g/mol. The van der Waals surface area contributed by atoms with Crippen molar-refractivity contribution in [1.82, 2.24) is 15.1 Å². The van der Waals surface area contributed by atoms with Crippen LogP contribution < -0.4 is 10.2 Å². The van der Waals surface area contributed by atoms with Gasteiger partial charge in [0.2, 0.25) is 0 Å². The number of carbonyl (C=O) groups excluding carboxylic acids is 1. The van der Waals surface area contributed by atoms with Crippen molar-refractivity contribution in [2.24, 2.45) is 0 Å². The number of rotatable bonds is 5. The van der Waals surface area contributed by atoms with Crippen LogP contribution in [0.2, 0.25) is 0 Å². The maximum absolute atomic E-state index is 13.8. The number of hydrogen-bond donors (Lipinski definition) is 1. The second kappa shape index (κ2) is 9.27. The molecule has 0 saturated carbocycles. The summed E-state index contributed by atoms with van der Waals surface area (Å²) in [5.41, 5.74) is 2.52. The van der Waals surface area contributed by atoms with E-state index in [9.17, 15) is 18.0 Å². The number of aryl methyl sites for hydroxylation is 1. The van der Waals surface area contributed by atoms with Crippen LogP contribution in [0, 0.1) is 13.8 Å². The van der Waals surface area contributed by atoms with Gasteiger partial charge in [0.25, 0.3) is 5.91 Å². The Hall–Kier alpha value is -3.33. The summed E-state index contributed by atoms with van der Waals surface area (Å²) in [4.78, 5) is 14.6. The Balaban J connectivity index is 1.53. The molecule has 9 heteroatoms. The van der Waals surface area contributed by atoms with Gasteiger partial charge in [-0.2, -0.15) is 18.3 Å². The minimum atomic E-state index is -4.53. The van der Waals surface area contributed by atoms with Crippen molar-refractivity contribution >= 4 is 11.6 Å². The maximum Gasteiger partial charge on any atom is 0.416 e. The third-order valence-electron chi connectivity index (χ3n) is 5.81. The molecule has 0 bridgehead atoms. The fourth-order valence-electron chi connectivity index (χ4n) is 3.95. The Morgan fingerprint density at radius 2 is 1.85 bits per heavy atom. The van der Waals surface area contributed by atoms with Crippen LogP contribution in [0.3, 0.4) is 0 Å². The molecule has 3 aromatic rings. The summed E-state index contributed by atoms with van der Waals surface area (Å²) in [5, 5.41) is 6.92. The summed E-state index contributed by atoms with van der Waals surface area (Å²) in [7, 11) is 0. The predicted octanol–water partition coefficient (Wildman–Crippen LogP) is 4.27. The molecule has 0 aliphatic carbocycles. The number of alkyl halides is 3. The van der Waals surface area contributed by atoms with E-state index in [0.29, 0.717) is 43.2 Å². The first-order valence-corrected chi connectivity index (χ1v) is 10.7. The molecule has 4 rings (SSSR count). The maximum atomic E-state index is 13.8. The molecular formula is C24H25F3N4O2. The lowest BCUT2D eigenvalue weighted by atomic mass is 10.0. The van der Waals surface area contributed by atoms with Gasteiger partial charge in [0.15, 0.2) is 0 Å². The largest absolute Gasteiger partial charge is 0.416 e. The molecule has 0 unspecified atom stereocenters.